The number of nitrogens with two attached hydrogens (primary N) is 1. The van der Waals surface area contributed by atoms with Gasteiger partial charge in [-0.3, -0.25) is 0 Å². The summed E-state index contributed by atoms with van der Waals surface area (Å²) < 4.78 is 5.63. The molecule has 1 unspecified atom stereocenters. The number of rotatable bonds is 6. The largest absolute Gasteiger partial charge is 0.411 e. The maximum atomic E-state index is 6.15. The molecule has 1 aromatic carbocycles. The SMILES string of the molecule is CCCO[Si]c1cccc(C)c1C(N)CC. The predicted molar refractivity (Wildman–Crippen MR) is 70.0 cm³/mol. The van der Waals surface area contributed by atoms with Crippen LogP contribution in [-0.2, 0) is 4.43 Å². The average molecular weight is 235 g/mol. The number of aryl methyl sites for hydroxylation is 1. The number of hydrogen-bond donors (Lipinski definition) is 1. The maximum absolute atomic E-state index is 6.15. The molecule has 0 aliphatic rings. The Kier molecular flexibility index (Phi) is 5.73. The first-order chi connectivity index (χ1) is 7.70. The normalized spacial score (nSPS) is 12.8. The maximum Gasteiger partial charge on any atom is 0.269 e. The molecule has 2 N–H and O–H groups in total. The van der Waals surface area contributed by atoms with E-state index in [9.17, 15) is 0 Å². The minimum atomic E-state index is 0.133. The molecule has 1 aromatic rings. The third-order valence-corrected chi connectivity index (χ3v) is 3.63. The first-order valence-electron chi connectivity index (χ1n) is 5.93. The van der Waals surface area contributed by atoms with Gasteiger partial charge in [-0.25, -0.2) is 0 Å². The molecule has 3 heteroatoms. The molecule has 0 aliphatic carbocycles. The fourth-order valence-electron chi connectivity index (χ4n) is 1.70. The molecular formula is C13H21NOSi. The van der Waals surface area contributed by atoms with Gasteiger partial charge in [-0.15, -0.1) is 0 Å². The molecular weight excluding hydrogens is 214 g/mol. The van der Waals surface area contributed by atoms with Crippen molar-refractivity contribution in [3.05, 3.63) is 29.3 Å². The van der Waals surface area contributed by atoms with Crippen LogP contribution in [0.25, 0.3) is 0 Å². The minimum absolute atomic E-state index is 0.133. The summed E-state index contributed by atoms with van der Waals surface area (Å²) in [6.07, 6.45) is 2.03. The van der Waals surface area contributed by atoms with Gasteiger partial charge in [-0.1, -0.05) is 32.0 Å². The molecule has 0 aromatic heterocycles. The number of hydrogen-bond acceptors (Lipinski definition) is 2. The van der Waals surface area contributed by atoms with Crippen molar-refractivity contribution >= 4 is 14.9 Å². The van der Waals surface area contributed by atoms with E-state index in [1.54, 1.807) is 0 Å². The molecule has 0 bridgehead atoms. The smallest absolute Gasteiger partial charge is 0.269 e. The molecule has 0 saturated carbocycles. The number of benzene rings is 1. The van der Waals surface area contributed by atoms with E-state index >= 15 is 0 Å². The Labute approximate surface area is 101 Å². The Morgan fingerprint density at radius 1 is 1.38 bits per heavy atom. The van der Waals surface area contributed by atoms with Crippen LogP contribution >= 0.6 is 0 Å². The van der Waals surface area contributed by atoms with Crippen molar-refractivity contribution < 1.29 is 4.43 Å². The van der Waals surface area contributed by atoms with Crippen molar-refractivity contribution in [1.82, 2.24) is 0 Å². The van der Waals surface area contributed by atoms with Crippen LogP contribution in [0.5, 0.6) is 0 Å². The summed E-state index contributed by atoms with van der Waals surface area (Å²) in [6.45, 7) is 7.20. The Balaban J connectivity index is 2.85. The van der Waals surface area contributed by atoms with Crippen molar-refractivity contribution in [3.8, 4) is 0 Å². The van der Waals surface area contributed by atoms with E-state index in [0.29, 0.717) is 9.76 Å². The van der Waals surface area contributed by atoms with Gasteiger partial charge >= 0.3 is 0 Å². The fraction of sp³-hybridized carbons (Fsp3) is 0.538. The topological polar surface area (TPSA) is 35.2 Å². The lowest BCUT2D eigenvalue weighted by Crippen LogP contribution is -2.28. The summed E-state index contributed by atoms with van der Waals surface area (Å²) in [5.74, 6) is 0. The highest BCUT2D eigenvalue weighted by molar-refractivity contribution is 6.47. The molecule has 0 saturated heterocycles. The van der Waals surface area contributed by atoms with Gasteiger partial charge in [0, 0.05) is 12.6 Å². The third-order valence-electron chi connectivity index (χ3n) is 2.62. The summed E-state index contributed by atoms with van der Waals surface area (Å²) in [5.41, 5.74) is 8.70. The van der Waals surface area contributed by atoms with Gasteiger partial charge in [0.25, 0.3) is 9.76 Å². The van der Waals surface area contributed by atoms with Crippen LogP contribution in [-0.4, -0.2) is 16.4 Å². The molecule has 88 valence electrons. The zero-order valence-corrected chi connectivity index (χ0v) is 11.4. The average Bonchev–Trinajstić information content (AvgIpc) is 2.29. The predicted octanol–water partition coefficient (Wildman–Crippen LogP) is 2.08. The van der Waals surface area contributed by atoms with E-state index in [1.807, 2.05) is 0 Å². The Morgan fingerprint density at radius 2 is 2.12 bits per heavy atom. The van der Waals surface area contributed by atoms with Crippen LogP contribution in [0.2, 0.25) is 0 Å². The van der Waals surface area contributed by atoms with Crippen LogP contribution in [0, 0.1) is 6.92 Å². The summed E-state index contributed by atoms with van der Waals surface area (Å²) in [5, 5.41) is 1.27. The van der Waals surface area contributed by atoms with E-state index in [4.69, 9.17) is 10.2 Å². The fourth-order valence-corrected chi connectivity index (χ4v) is 2.82. The van der Waals surface area contributed by atoms with Gasteiger partial charge in [0.1, 0.15) is 0 Å². The van der Waals surface area contributed by atoms with Crippen LogP contribution < -0.4 is 10.9 Å². The molecule has 0 amide bonds. The van der Waals surface area contributed by atoms with Gasteiger partial charge in [0.2, 0.25) is 0 Å². The summed E-state index contributed by atoms with van der Waals surface area (Å²) in [7, 11) is 0.422. The van der Waals surface area contributed by atoms with Gasteiger partial charge in [0.15, 0.2) is 0 Å². The van der Waals surface area contributed by atoms with Crippen LogP contribution in [0.15, 0.2) is 18.2 Å². The van der Waals surface area contributed by atoms with Gasteiger partial charge in [0.05, 0.1) is 0 Å². The molecule has 0 heterocycles. The molecule has 0 aliphatic heterocycles. The van der Waals surface area contributed by atoms with Gasteiger partial charge < -0.3 is 10.2 Å². The second-order valence-electron chi connectivity index (χ2n) is 4.00. The summed E-state index contributed by atoms with van der Waals surface area (Å²) in [4.78, 5) is 0. The highest BCUT2D eigenvalue weighted by atomic mass is 28.2. The van der Waals surface area contributed by atoms with Crippen molar-refractivity contribution in [1.29, 1.82) is 0 Å². The quantitative estimate of drug-likeness (QED) is 0.605. The molecule has 2 nitrogen and oxygen atoms in total. The molecule has 0 spiro atoms. The highest BCUT2D eigenvalue weighted by Crippen LogP contribution is 2.15. The van der Waals surface area contributed by atoms with Crippen molar-refractivity contribution in [2.24, 2.45) is 5.73 Å². The molecule has 0 fully saturated rings. The van der Waals surface area contributed by atoms with Crippen molar-refractivity contribution in [3.63, 3.8) is 0 Å². The van der Waals surface area contributed by atoms with E-state index in [0.717, 1.165) is 19.4 Å². The van der Waals surface area contributed by atoms with Crippen LogP contribution in [0.4, 0.5) is 0 Å². The third kappa shape index (κ3) is 3.44. The Bertz CT molecular complexity index is 328. The lowest BCUT2D eigenvalue weighted by molar-refractivity contribution is 0.341. The first-order valence-corrected chi connectivity index (χ1v) is 6.84. The Morgan fingerprint density at radius 3 is 2.75 bits per heavy atom. The lowest BCUT2D eigenvalue weighted by Gasteiger charge is -2.17. The standard InChI is InChI=1S/C13H21NOSi/c1-4-9-15-16-12-8-6-7-10(3)13(12)11(14)5-2/h6-8,11H,4-5,9,14H2,1-3H3. The van der Waals surface area contributed by atoms with Crippen LogP contribution in [0.1, 0.15) is 43.9 Å². The van der Waals surface area contributed by atoms with Crippen molar-refractivity contribution in [2.45, 2.75) is 39.7 Å². The monoisotopic (exact) mass is 235 g/mol. The van der Waals surface area contributed by atoms with E-state index < -0.39 is 0 Å². The molecule has 1 atom stereocenters. The van der Waals surface area contributed by atoms with Crippen LogP contribution in [0.3, 0.4) is 0 Å². The molecule has 16 heavy (non-hydrogen) atoms. The zero-order valence-electron chi connectivity index (χ0n) is 10.4. The minimum Gasteiger partial charge on any atom is -0.411 e. The summed E-state index contributed by atoms with van der Waals surface area (Å²) >= 11 is 0. The lowest BCUT2D eigenvalue weighted by atomic mass is 10.0. The zero-order chi connectivity index (χ0) is 12.0. The summed E-state index contributed by atoms with van der Waals surface area (Å²) in [6, 6.07) is 6.47. The van der Waals surface area contributed by atoms with Gasteiger partial charge in [-0.2, -0.15) is 0 Å². The second kappa shape index (κ2) is 6.84. The molecule has 1 rings (SSSR count). The highest BCUT2D eigenvalue weighted by Gasteiger charge is 2.12. The van der Waals surface area contributed by atoms with Crippen molar-refractivity contribution in [2.75, 3.05) is 6.61 Å². The molecule has 2 radical (unpaired) electrons. The van der Waals surface area contributed by atoms with Gasteiger partial charge in [-0.05, 0) is 36.1 Å². The first kappa shape index (κ1) is 13.4. The Hall–Kier alpha value is -0.643. The van der Waals surface area contributed by atoms with E-state index in [-0.39, 0.29) is 6.04 Å². The van der Waals surface area contributed by atoms with E-state index in [1.165, 1.54) is 16.3 Å². The van der Waals surface area contributed by atoms with E-state index in [2.05, 4.69) is 39.0 Å². The second-order valence-corrected chi connectivity index (χ2v) is 5.03.